The summed E-state index contributed by atoms with van der Waals surface area (Å²) in [5.74, 6) is -0.124. The van der Waals surface area contributed by atoms with Crippen LogP contribution in [0.1, 0.15) is 11.1 Å². The summed E-state index contributed by atoms with van der Waals surface area (Å²) in [5.41, 5.74) is 1.68. The molecule has 2 aromatic heterocycles. The summed E-state index contributed by atoms with van der Waals surface area (Å²) < 4.78 is 29.1. The summed E-state index contributed by atoms with van der Waals surface area (Å²) in [6, 6.07) is 10.7. The molecule has 0 fully saturated rings. The molecule has 0 unspecified atom stereocenters. The predicted octanol–water partition coefficient (Wildman–Crippen LogP) is 2.39. The van der Waals surface area contributed by atoms with Gasteiger partial charge < -0.3 is 0 Å². The van der Waals surface area contributed by atoms with Crippen LogP contribution in [0.25, 0.3) is 5.82 Å². The number of carbonyl (C=O) groups is 1. The van der Waals surface area contributed by atoms with E-state index in [9.17, 15) is 13.2 Å². The van der Waals surface area contributed by atoms with Crippen LogP contribution in [0.3, 0.4) is 0 Å². The fourth-order valence-corrected chi connectivity index (χ4v) is 3.43. The number of halogens is 1. The van der Waals surface area contributed by atoms with E-state index in [1.807, 2.05) is 13.0 Å². The van der Waals surface area contributed by atoms with Crippen molar-refractivity contribution in [2.75, 3.05) is 0 Å². The van der Waals surface area contributed by atoms with Crippen molar-refractivity contribution in [1.29, 1.82) is 0 Å². The van der Waals surface area contributed by atoms with Crippen molar-refractivity contribution in [2.24, 2.45) is 0 Å². The molecule has 2 heterocycles. The van der Waals surface area contributed by atoms with Crippen molar-refractivity contribution < 1.29 is 13.2 Å². The Morgan fingerprint density at radius 1 is 1.23 bits per heavy atom. The van der Waals surface area contributed by atoms with Crippen LogP contribution < -0.4 is 4.72 Å². The number of sulfonamides is 1. The molecule has 3 aromatic rings. The van der Waals surface area contributed by atoms with Crippen LogP contribution in [0.15, 0.2) is 64.4 Å². The molecule has 0 bridgehead atoms. The summed E-state index contributed by atoms with van der Waals surface area (Å²) in [6.45, 7) is 1.90. The van der Waals surface area contributed by atoms with Crippen molar-refractivity contribution in [3.05, 3.63) is 70.6 Å². The molecule has 0 saturated heterocycles. The van der Waals surface area contributed by atoms with Gasteiger partial charge in [0.1, 0.15) is 4.90 Å². The molecule has 1 amide bonds. The third kappa shape index (κ3) is 4.36. The van der Waals surface area contributed by atoms with Crippen LogP contribution in [-0.2, 0) is 21.2 Å². The number of rotatable bonds is 5. The average Bonchev–Trinajstić information content (AvgIpc) is 3.07. The van der Waals surface area contributed by atoms with Gasteiger partial charge in [0.25, 0.3) is 10.0 Å². The summed E-state index contributed by atoms with van der Waals surface area (Å²) in [5, 5.41) is 4.01. The zero-order valence-corrected chi connectivity index (χ0v) is 16.2. The van der Waals surface area contributed by atoms with Gasteiger partial charge in [0.15, 0.2) is 5.82 Å². The molecule has 0 spiro atoms. The molecule has 7 nitrogen and oxygen atoms in total. The van der Waals surface area contributed by atoms with E-state index in [-0.39, 0.29) is 11.3 Å². The van der Waals surface area contributed by atoms with Crippen LogP contribution in [0.4, 0.5) is 0 Å². The monoisotopic (exact) mass is 434 g/mol. The van der Waals surface area contributed by atoms with E-state index < -0.39 is 15.9 Å². The second-order valence-corrected chi connectivity index (χ2v) is 8.24. The summed E-state index contributed by atoms with van der Waals surface area (Å²) in [4.78, 5) is 16.1. The largest absolute Gasteiger partial charge is 0.274 e. The SMILES string of the molecule is Cc1ccnc(-n2cc(S(=O)(=O)NC(=O)Cc3ccc(Br)cc3)cn2)c1. The van der Waals surface area contributed by atoms with Gasteiger partial charge in [0, 0.05) is 10.7 Å². The fourth-order valence-electron chi connectivity index (χ4n) is 2.25. The smallest absolute Gasteiger partial charge is 0.267 e. The van der Waals surface area contributed by atoms with Crippen LogP contribution in [0.2, 0.25) is 0 Å². The third-order valence-electron chi connectivity index (χ3n) is 3.53. The molecule has 1 N–H and O–H groups in total. The first-order chi connectivity index (χ1) is 12.3. The van der Waals surface area contributed by atoms with Crippen LogP contribution >= 0.6 is 15.9 Å². The predicted molar refractivity (Wildman–Crippen MR) is 99.3 cm³/mol. The zero-order chi connectivity index (χ0) is 18.7. The highest BCUT2D eigenvalue weighted by atomic mass is 79.9. The molecule has 26 heavy (non-hydrogen) atoms. The minimum absolute atomic E-state index is 0.0416. The molecule has 3 rings (SSSR count). The second-order valence-electron chi connectivity index (χ2n) is 5.64. The Morgan fingerprint density at radius 2 is 1.96 bits per heavy atom. The van der Waals surface area contributed by atoms with Crippen molar-refractivity contribution in [2.45, 2.75) is 18.2 Å². The van der Waals surface area contributed by atoms with Crippen molar-refractivity contribution in [3.63, 3.8) is 0 Å². The highest BCUT2D eigenvalue weighted by molar-refractivity contribution is 9.10. The number of hydrogen-bond acceptors (Lipinski definition) is 5. The lowest BCUT2D eigenvalue weighted by atomic mass is 10.1. The van der Waals surface area contributed by atoms with E-state index >= 15 is 0 Å². The lowest BCUT2D eigenvalue weighted by molar-refractivity contribution is -0.118. The molecule has 0 aliphatic carbocycles. The molecule has 9 heteroatoms. The zero-order valence-electron chi connectivity index (χ0n) is 13.8. The molecule has 0 saturated carbocycles. The Balaban J connectivity index is 1.74. The van der Waals surface area contributed by atoms with Crippen molar-refractivity contribution in [1.82, 2.24) is 19.5 Å². The van der Waals surface area contributed by atoms with Crippen LogP contribution in [0.5, 0.6) is 0 Å². The maximum Gasteiger partial charge on any atom is 0.267 e. The van der Waals surface area contributed by atoms with E-state index in [4.69, 9.17) is 0 Å². The number of nitrogens with one attached hydrogen (secondary N) is 1. The number of aryl methyl sites for hydroxylation is 1. The van der Waals surface area contributed by atoms with Crippen molar-refractivity contribution >= 4 is 31.9 Å². The molecule has 134 valence electrons. The Bertz CT molecular complexity index is 1050. The Kier molecular flexibility index (Phi) is 5.19. The molecular weight excluding hydrogens is 420 g/mol. The van der Waals surface area contributed by atoms with Gasteiger partial charge in [0.05, 0.1) is 18.8 Å². The average molecular weight is 435 g/mol. The maximum absolute atomic E-state index is 12.4. The van der Waals surface area contributed by atoms with E-state index in [2.05, 4.69) is 30.7 Å². The summed E-state index contributed by atoms with van der Waals surface area (Å²) >= 11 is 3.31. The summed E-state index contributed by atoms with van der Waals surface area (Å²) in [6.07, 6.45) is 4.07. The highest BCUT2D eigenvalue weighted by Gasteiger charge is 2.20. The number of aromatic nitrogens is 3. The van der Waals surface area contributed by atoms with Gasteiger partial charge >= 0.3 is 0 Å². The molecule has 0 radical (unpaired) electrons. The van der Waals surface area contributed by atoms with Gasteiger partial charge in [-0.2, -0.15) is 5.10 Å². The van der Waals surface area contributed by atoms with Gasteiger partial charge in [-0.15, -0.1) is 0 Å². The van der Waals surface area contributed by atoms with Gasteiger partial charge in [-0.1, -0.05) is 28.1 Å². The quantitative estimate of drug-likeness (QED) is 0.664. The maximum atomic E-state index is 12.4. The standard InChI is InChI=1S/C17H15BrN4O3S/c1-12-6-7-19-16(8-12)22-11-15(10-20-22)26(24,25)21-17(23)9-13-2-4-14(18)5-3-13/h2-8,10-11H,9H2,1H3,(H,21,23). The lowest BCUT2D eigenvalue weighted by Crippen LogP contribution is -2.31. The van der Waals surface area contributed by atoms with Gasteiger partial charge in [-0.25, -0.2) is 22.8 Å². The molecule has 0 aliphatic rings. The first-order valence-electron chi connectivity index (χ1n) is 7.61. The molecule has 0 aliphatic heterocycles. The van der Waals surface area contributed by atoms with E-state index in [0.29, 0.717) is 11.4 Å². The molecular formula is C17H15BrN4O3S. The Labute approximate surface area is 159 Å². The highest BCUT2D eigenvalue weighted by Crippen LogP contribution is 2.13. The topological polar surface area (TPSA) is 94.0 Å². The number of hydrogen-bond donors (Lipinski definition) is 1. The Hall–Kier alpha value is -2.52. The lowest BCUT2D eigenvalue weighted by Gasteiger charge is -2.05. The molecule has 0 atom stereocenters. The molecule has 1 aromatic carbocycles. The first-order valence-corrected chi connectivity index (χ1v) is 9.89. The van der Waals surface area contributed by atoms with E-state index in [0.717, 1.165) is 10.0 Å². The number of amides is 1. The van der Waals surface area contributed by atoms with Crippen molar-refractivity contribution in [3.8, 4) is 5.82 Å². The van der Waals surface area contributed by atoms with Gasteiger partial charge in [0.2, 0.25) is 5.91 Å². The van der Waals surface area contributed by atoms with Gasteiger partial charge in [-0.3, -0.25) is 4.79 Å². The van der Waals surface area contributed by atoms with Crippen LogP contribution in [0, 0.1) is 6.92 Å². The number of benzene rings is 1. The third-order valence-corrected chi connectivity index (χ3v) is 5.39. The summed E-state index contributed by atoms with van der Waals surface area (Å²) in [7, 11) is -4.00. The number of carbonyl (C=O) groups excluding carboxylic acids is 1. The number of nitrogens with zero attached hydrogens (tertiary/aromatic N) is 3. The minimum atomic E-state index is -4.00. The van der Waals surface area contributed by atoms with E-state index in [1.54, 1.807) is 36.5 Å². The normalized spacial score (nSPS) is 11.3. The second kappa shape index (κ2) is 7.38. The fraction of sp³-hybridized carbons (Fsp3) is 0.118. The van der Waals surface area contributed by atoms with E-state index in [1.165, 1.54) is 17.1 Å². The Morgan fingerprint density at radius 3 is 2.65 bits per heavy atom. The minimum Gasteiger partial charge on any atom is -0.274 e. The first kappa shape index (κ1) is 18.3. The number of pyridine rings is 1. The van der Waals surface area contributed by atoms with Gasteiger partial charge in [-0.05, 0) is 42.3 Å². The van der Waals surface area contributed by atoms with Crippen LogP contribution in [-0.4, -0.2) is 29.1 Å².